The molecule has 0 atom stereocenters. The van der Waals surface area contributed by atoms with Crippen molar-refractivity contribution in [3.63, 3.8) is 0 Å². The van der Waals surface area contributed by atoms with E-state index in [1.54, 1.807) is 0 Å². The molecule has 0 heterocycles. The second-order valence-electron chi connectivity index (χ2n) is 4.25. The quantitative estimate of drug-likeness (QED) is 0.879. The van der Waals surface area contributed by atoms with E-state index in [1.807, 2.05) is 55.4 Å². The van der Waals surface area contributed by atoms with Crippen LogP contribution in [0.3, 0.4) is 0 Å². The predicted octanol–water partition coefficient (Wildman–Crippen LogP) is 2.53. The van der Waals surface area contributed by atoms with Crippen LogP contribution < -0.4 is 4.90 Å². The SMILES string of the molecule is CN(C)c1ccc(CC(=O)O)c2ccccc12. The lowest BCUT2D eigenvalue weighted by Crippen LogP contribution is -2.10. The first-order valence-corrected chi connectivity index (χ1v) is 5.49. The molecule has 0 aliphatic rings. The highest BCUT2D eigenvalue weighted by molar-refractivity contribution is 5.97. The molecule has 2 rings (SSSR count). The van der Waals surface area contributed by atoms with Crippen molar-refractivity contribution in [1.82, 2.24) is 0 Å². The average molecular weight is 229 g/mol. The number of carboxylic acids is 1. The molecule has 0 saturated carbocycles. The Kier molecular flexibility index (Phi) is 3.00. The molecule has 0 fully saturated rings. The third-order valence-electron chi connectivity index (χ3n) is 2.81. The van der Waals surface area contributed by atoms with Crippen LogP contribution in [0.5, 0.6) is 0 Å². The number of nitrogens with zero attached hydrogens (tertiary/aromatic N) is 1. The van der Waals surface area contributed by atoms with Crippen molar-refractivity contribution in [1.29, 1.82) is 0 Å². The minimum atomic E-state index is -0.798. The Morgan fingerprint density at radius 3 is 2.35 bits per heavy atom. The minimum absolute atomic E-state index is 0.0637. The Morgan fingerprint density at radius 2 is 1.76 bits per heavy atom. The molecule has 0 bridgehead atoms. The lowest BCUT2D eigenvalue weighted by molar-refractivity contribution is -0.136. The molecule has 2 aromatic carbocycles. The van der Waals surface area contributed by atoms with Crippen molar-refractivity contribution >= 4 is 22.4 Å². The van der Waals surface area contributed by atoms with Crippen LogP contribution in [0.1, 0.15) is 5.56 Å². The summed E-state index contributed by atoms with van der Waals surface area (Å²) in [5.74, 6) is -0.798. The normalized spacial score (nSPS) is 10.5. The first-order chi connectivity index (χ1) is 8.09. The third kappa shape index (κ3) is 2.23. The number of hydrogen-bond donors (Lipinski definition) is 1. The summed E-state index contributed by atoms with van der Waals surface area (Å²) in [6, 6.07) is 11.8. The van der Waals surface area contributed by atoms with Crippen LogP contribution in [-0.2, 0) is 11.2 Å². The zero-order valence-corrected chi connectivity index (χ0v) is 9.97. The number of carbonyl (C=O) groups is 1. The summed E-state index contributed by atoms with van der Waals surface area (Å²) >= 11 is 0. The molecule has 0 radical (unpaired) electrons. The topological polar surface area (TPSA) is 40.5 Å². The molecule has 0 aliphatic heterocycles. The van der Waals surface area contributed by atoms with Gasteiger partial charge in [0.15, 0.2) is 0 Å². The van der Waals surface area contributed by atoms with Gasteiger partial charge in [-0.15, -0.1) is 0 Å². The number of anilines is 1. The van der Waals surface area contributed by atoms with Crippen LogP contribution in [0.25, 0.3) is 10.8 Å². The van der Waals surface area contributed by atoms with Crippen LogP contribution in [0.15, 0.2) is 36.4 Å². The second-order valence-corrected chi connectivity index (χ2v) is 4.25. The number of rotatable bonds is 3. The molecule has 1 N–H and O–H groups in total. The summed E-state index contributed by atoms with van der Waals surface area (Å²) in [5, 5.41) is 11.0. The van der Waals surface area contributed by atoms with Gasteiger partial charge in [0.2, 0.25) is 0 Å². The van der Waals surface area contributed by atoms with Gasteiger partial charge in [-0.3, -0.25) is 4.79 Å². The van der Waals surface area contributed by atoms with Crippen LogP contribution in [0.2, 0.25) is 0 Å². The summed E-state index contributed by atoms with van der Waals surface area (Å²) in [6.07, 6.45) is 0.0637. The highest BCUT2D eigenvalue weighted by Crippen LogP contribution is 2.28. The first kappa shape index (κ1) is 11.5. The van der Waals surface area contributed by atoms with Gasteiger partial charge in [0, 0.05) is 25.2 Å². The van der Waals surface area contributed by atoms with E-state index in [0.717, 1.165) is 22.0 Å². The third-order valence-corrected chi connectivity index (χ3v) is 2.81. The Hall–Kier alpha value is -2.03. The summed E-state index contributed by atoms with van der Waals surface area (Å²) in [7, 11) is 3.97. The molecule has 0 spiro atoms. The van der Waals surface area contributed by atoms with Gasteiger partial charge in [0.25, 0.3) is 0 Å². The fourth-order valence-electron chi connectivity index (χ4n) is 2.05. The van der Waals surface area contributed by atoms with Crippen LogP contribution in [0, 0.1) is 0 Å². The minimum Gasteiger partial charge on any atom is -0.481 e. The van der Waals surface area contributed by atoms with Gasteiger partial charge >= 0.3 is 5.97 Å². The molecule has 17 heavy (non-hydrogen) atoms. The number of aliphatic carboxylic acids is 1. The molecule has 0 amide bonds. The fraction of sp³-hybridized carbons (Fsp3) is 0.214. The van der Waals surface area contributed by atoms with E-state index < -0.39 is 5.97 Å². The van der Waals surface area contributed by atoms with Gasteiger partial charge in [-0.1, -0.05) is 30.3 Å². The Labute approximate surface area is 100 Å². The molecule has 88 valence electrons. The van der Waals surface area contributed by atoms with E-state index in [4.69, 9.17) is 5.11 Å². The van der Waals surface area contributed by atoms with Crippen molar-refractivity contribution in [2.24, 2.45) is 0 Å². The zero-order valence-electron chi connectivity index (χ0n) is 9.97. The smallest absolute Gasteiger partial charge is 0.307 e. The Bertz CT molecular complexity index is 561. The first-order valence-electron chi connectivity index (χ1n) is 5.49. The molecule has 0 unspecified atom stereocenters. The Balaban J connectivity index is 2.66. The van der Waals surface area contributed by atoms with E-state index in [1.165, 1.54) is 0 Å². The standard InChI is InChI=1S/C14H15NO2/c1-15(2)13-8-7-10(9-14(16)17)11-5-3-4-6-12(11)13/h3-8H,9H2,1-2H3,(H,16,17). The van der Waals surface area contributed by atoms with Crippen molar-refractivity contribution in [3.05, 3.63) is 42.0 Å². The maximum atomic E-state index is 10.8. The van der Waals surface area contributed by atoms with Gasteiger partial charge in [-0.2, -0.15) is 0 Å². The lowest BCUT2D eigenvalue weighted by atomic mass is 10.0. The van der Waals surface area contributed by atoms with Gasteiger partial charge in [0.1, 0.15) is 0 Å². The maximum absolute atomic E-state index is 10.8. The molecule has 3 nitrogen and oxygen atoms in total. The fourth-order valence-corrected chi connectivity index (χ4v) is 2.05. The maximum Gasteiger partial charge on any atom is 0.307 e. The molecule has 0 aromatic heterocycles. The highest BCUT2D eigenvalue weighted by atomic mass is 16.4. The van der Waals surface area contributed by atoms with Crippen molar-refractivity contribution < 1.29 is 9.90 Å². The monoisotopic (exact) mass is 229 g/mol. The number of fused-ring (bicyclic) bond motifs is 1. The molecule has 3 heteroatoms. The van der Waals surface area contributed by atoms with E-state index in [-0.39, 0.29) is 6.42 Å². The largest absolute Gasteiger partial charge is 0.481 e. The predicted molar refractivity (Wildman–Crippen MR) is 69.6 cm³/mol. The van der Waals surface area contributed by atoms with Crippen molar-refractivity contribution in [3.8, 4) is 0 Å². The lowest BCUT2D eigenvalue weighted by Gasteiger charge is -2.17. The van der Waals surface area contributed by atoms with E-state index >= 15 is 0 Å². The van der Waals surface area contributed by atoms with E-state index in [2.05, 4.69) is 0 Å². The van der Waals surface area contributed by atoms with E-state index in [0.29, 0.717) is 0 Å². The zero-order chi connectivity index (χ0) is 12.4. The Morgan fingerprint density at radius 1 is 1.12 bits per heavy atom. The van der Waals surface area contributed by atoms with Crippen LogP contribution >= 0.6 is 0 Å². The summed E-state index contributed by atoms with van der Waals surface area (Å²) in [5.41, 5.74) is 1.97. The summed E-state index contributed by atoms with van der Waals surface area (Å²) in [6.45, 7) is 0. The molecular formula is C14H15NO2. The summed E-state index contributed by atoms with van der Waals surface area (Å²) < 4.78 is 0. The van der Waals surface area contributed by atoms with Gasteiger partial charge < -0.3 is 10.0 Å². The van der Waals surface area contributed by atoms with Crippen LogP contribution in [-0.4, -0.2) is 25.2 Å². The van der Waals surface area contributed by atoms with Gasteiger partial charge in [-0.25, -0.2) is 0 Å². The average Bonchev–Trinajstić information content (AvgIpc) is 2.28. The summed E-state index contributed by atoms with van der Waals surface area (Å²) in [4.78, 5) is 12.9. The van der Waals surface area contributed by atoms with Gasteiger partial charge in [0.05, 0.1) is 6.42 Å². The van der Waals surface area contributed by atoms with Gasteiger partial charge in [-0.05, 0) is 17.0 Å². The van der Waals surface area contributed by atoms with Crippen molar-refractivity contribution in [2.75, 3.05) is 19.0 Å². The molecule has 0 aliphatic carbocycles. The van der Waals surface area contributed by atoms with Crippen molar-refractivity contribution in [2.45, 2.75) is 6.42 Å². The number of benzene rings is 2. The van der Waals surface area contributed by atoms with E-state index in [9.17, 15) is 4.79 Å². The number of carboxylic acid groups (broad SMARTS) is 1. The molecule has 0 saturated heterocycles. The number of hydrogen-bond acceptors (Lipinski definition) is 2. The highest BCUT2D eigenvalue weighted by Gasteiger charge is 2.09. The second kappa shape index (κ2) is 4.45. The molecule has 2 aromatic rings. The molecular weight excluding hydrogens is 214 g/mol. The van der Waals surface area contributed by atoms with Crippen LogP contribution in [0.4, 0.5) is 5.69 Å².